The maximum absolute atomic E-state index is 14.2. The van der Waals surface area contributed by atoms with Crippen LogP contribution in [0.15, 0.2) is 42.6 Å². The van der Waals surface area contributed by atoms with Gasteiger partial charge in [0.2, 0.25) is 11.8 Å². The number of nitrogens with one attached hydrogen (secondary N) is 1. The number of ether oxygens (including phenoxy) is 1. The van der Waals surface area contributed by atoms with E-state index < -0.39 is 18.1 Å². The summed E-state index contributed by atoms with van der Waals surface area (Å²) >= 11 is 0. The maximum Gasteiger partial charge on any atom is 0.326 e. The Morgan fingerprint density at radius 3 is 2.38 bits per heavy atom. The van der Waals surface area contributed by atoms with Crippen LogP contribution in [0, 0.1) is 23.2 Å². The predicted octanol–water partition coefficient (Wildman–Crippen LogP) is 6.03. The van der Waals surface area contributed by atoms with Gasteiger partial charge in [-0.3, -0.25) is 4.79 Å². The molecule has 1 aromatic carbocycles. The van der Waals surface area contributed by atoms with Crippen LogP contribution >= 0.6 is 0 Å². The fourth-order valence-corrected chi connectivity index (χ4v) is 6.96. The molecule has 2 N–H and O–H groups in total. The van der Waals surface area contributed by atoms with Crippen molar-refractivity contribution in [3.8, 4) is 5.88 Å². The zero-order valence-corrected chi connectivity index (χ0v) is 25.0. The Balaban J connectivity index is 1.78. The van der Waals surface area contributed by atoms with Gasteiger partial charge in [0.15, 0.2) is 0 Å². The van der Waals surface area contributed by atoms with E-state index in [1.165, 1.54) is 0 Å². The van der Waals surface area contributed by atoms with Gasteiger partial charge < -0.3 is 20.1 Å². The van der Waals surface area contributed by atoms with Crippen LogP contribution in [0.4, 0.5) is 0 Å². The third-order valence-electron chi connectivity index (χ3n) is 8.62. The van der Waals surface area contributed by atoms with Gasteiger partial charge in [-0.05, 0) is 47.8 Å². The van der Waals surface area contributed by atoms with Crippen molar-refractivity contribution in [2.75, 3.05) is 7.11 Å². The zero-order valence-electron chi connectivity index (χ0n) is 25.0. The third kappa shape index (κ3) is 6.51. The van der Waals surface area contributed by atoms with Crippen molar-refractivity contribution in [1.82, 2.24) is 15.2 Å². The first kappa shape index (κ1) is 30.0. The number of aromatic nitrogens is 1. The zero-order chi connectivity index (χ0) is 29.0. The number of carbonyl (C=O) groups is 2. The van der Waals surface area contributed by atoms with Gasteiger partial charge in [-0.25, -0.2) is 9.78 Å². The molecule has 0 spiro atoms. The Morgan fingerprint density at radius 2 is 1.80 bits per heavy atom. The topological polar surface area (TPSA) is 91.8 Å². The van der Waals surface area contributed by atoms with E-state index in [4.69, 9.17) is 4.74 Å². The lowest BCUT2D eigenvalue weighted by molar-refractivity contribution is -0.154. The number of methoxy groups -OCH3 is 1. The second-order valence-electron chi connectivity index (χ2n) is 13.1. The first-order valence-electron chi connectivity index (χ1n) is 14.9. The molecular weight excluding hydrogens is 502 g/mol. The van der Waals surface area contributed by atoms with Crippen LogP contribution in [0.2, 0.25) is 0 Å². The molecule has 1 aliphatic carbocycles. The van der Waals surface area contributed by atoms with E-state index >= 15 is 0 Å². The molecule has 2 aliphatic rings. The number of nitrogens with zero attached hydrogens (tertiary/aromatic N) is 2. The Labute approximate surface area is 239 Å². The van der Waals surface area contributed by atoms with Crippen LogP contribution in [-0.4, -0.2) is 46.1 Å². The first-order valence-corrected chi connectivity index (χ1v) is 14.9. The van der Waals surface area contributed by atoms with E-state index in [0.717, 1.165) is 55.2 Å². The van der Waals surface area contributed by atoms with Crippen molar-refractivity contribution in [3.63, 3.8) is 0 Å². The highest BCUT2D eigenvalue weighted by atomic mass is 16.5. The second-order valence-corrected chi connectivity index (χ2v) is 13.1. The Bertz CT molecular complexity index is 1150. The smallest absolute Gasteiger partial charge is 0.326 e. The van der Waals surface area contributed by atoms with Gasteiger partial charge in [0.05, 0.1) is 13.2 Å². The van der Waals surface area contributed by atoms with Gasteiger partial charge in [-0.1, -0.05) is 84.2 Å². The Morgan fingerprint density at radius 1 is 1.12 bits per heavy atom. The van der Waals surface area contributed by atoms with Crippen LogP contribution in [0.3, 0.4) is 0 Å². The van der Waals surface area contributed by atoms with Crippen LogP contribution in [0.1, 0.15) is 89.5 Å². The molecule has 1 saturated carbocycles. The highest BCUT2D eigenvalue weighted by molar-refractivity contribution is 5.87. The lowest BCUT2D eigenvalue weighted by Gasteiger charge is -2.36. The normalized spacial score (nSPS) is 23.9. The maximum atomic E-state index is 14.2. The van der Waals surface area contributed by atoms with Crippen LogP contribution in [-0.2, 0) is 22.6 Å². The molecule has 7 heteroatoms. The summed E-state index contributed by atoms with van der Waals surface area (Å²) in [4.78, 5) is 33.6. The summed E-state index contributed by atoms with van der Waals surface area (Å²) in [6.07, 6.45) is 7.60. The molecule has 4 rings (SSSR count). The number of aliphatic carboxylic acids is 1. The number of hydrogen-bond donors (Lipinski definition) is 2. The first-order chi connectivity index (χ1) is 19.0. The largest absolute Gasteiger partial charge is 0.481 e. The van der Waals surface area contributed by atoms with E-state index in [2.05, 4.69) is 51.0 Å². The average molecular weight is 550 g/mol. The number of hydrogen-bond acceptors (Lipinski definition) is 5. The molecule has 0 unspecified atom stereocenters. The van der Waals surface area contributed by atoms with Crippen molar-refractivity contribution >= 4 is 11.9 Å². The van der Waals surface area contributed by atoms with E-state index in [9.17, 15) is 14.7 Å². The van der Waals surface area contributed by atoms with Crippen molar-refractivity contribution in [1.29, 1.82) is 0 Å². The molecular formula is C33H47N3O4. The average Bonchev–Trinajstić information content (AvgIpc) is 3.28. The van der Waals surface area contributed by atoms with Crippen LogP contribution < -0.4 is 10.1 Å². The third-order valence-corrected chi connectivity index (χ3v) is 8.62. The molecule has 7 nitrogen and oxygen atoms in total. The highest BCUT2D eigenvalue weighted by Crippen LogP contribution is 2.49. The highest BCUT2D eigenvalue weighted by Gasteiger charge is 2.58. The number of likely N-dealkylation sites (tertiary alicyclic amines) is 1. The summed E-state index contributed by atoms with van der Waals surface area (Å²) in [6.45, 7) is 11.1. The molecule has 2 heterocycles. The lowest BCUT2D eigenvalue weighted by atomic mass is 9.72. The van der Waals surface area contributed by atoms with E-state index in [0.29, 0.717) is 18.3 Å². The molecule has 2 fully saturated rings. The Kier molecular flexibility index (Phi) is 9.55. The van der Waals surface area contributed by atoms with E-state index in [-0.39, 0.29) is 29.2 Å². The quantitative estimate of drug-likeness (QED) is 0.397. The summed E-state index contributed by atoms with van der Waals surface area (Å²) < 4.78 is 5.61. The molecule has 40 heavy (non-hydrogen) atoms. The molecule has 0 radical (unpaired) electrons. The number of carbonyl (C=O) groups excluding carboxylic acids is 1. The van der Waals surface area contributed by atoms with E-state index in [1.54, 1.807) is 12.0 Å². The number of carboxylic acid groups (broad SMARTS) is 1. The molecule has 218 valence electrons. The molecule has 1 aliphatic heterocycles. The number of pyridine rings is 1. The molecule has 1 aromatic heterocycles. The number of benzene rings is 1. The van der Waals surface area contributed by atoms with E-state index in [1.807, 2.05) is 36.5 Å². The van der Waals surface area contributed by atoms with Gasteiger partial charge in [-0.15, -0.1) is 0 Å². The summed E-state index contributed by atoms with van der Waals surface area (Å²) in [5, 5.41) is 14.4. The monoisotopic (exact) mass is 549 g/mol. The fraction of sp³-hybridized carbons (Fsp3) is 0.606. The number of rotatable bonds is 9. The molecule has 1 amide bonds. The molecule has 0 bridgehead atoms. The fourth-order valence-electron chi connectivity index (χ4n) is 6.96. The molecule has 2 aromatic rings. The van der Waals surface area contributed by atoms with Gasteiger partial charge in [0.1, 0.15) is 6.04 Å². The summed E-state index contributed by atoms with van der Waals surface area (Å²) in [5.74, 6) is -0.343. The summed E-state index contributed by atoms with van der Waals surface area (Å²) in [7, 11) is 1.62. The summed E-state index contributed by atoms with van der Waals surface area (Å²) in [5.41, 5.74) is 2.66. The minimum Gasteiger partial charge on any atom is -0.481 e. The number of carboxylic acids is 1. The lowest BCUT2D eigenvalue weighted by Crippen LogP contribution is -2.49. The number of amides is 1. The minimum atomic E-state index is -0.938. The standard InChI is InChI=1S/C33H47N3O4/c1-21(2)17-22-18-25(30(40-6)35-19-22)20-34-27-26(33(3,4)5)29(32(38)39)36(28(27)23-13-9-7-10-14-23)31(37)24-15-11-8-12-16-24/h7,9-10,13-14,18-19,21,24,26-29,34H,8,11-12,15-17,20H2,1-6H3,(H,38,39)/t26-,27-,28-,29-/m0/s1. The van der Waals surface area contributed by atoms with Crippen LogP contribution in [0.5, 0.6) is 5.88 Å². The molecule has 1 saturated heterocycles. The predicted molar refractivity (Wildman–Crippen MR) is 157 cm³/mol. The summed E-state index contributed by atoms with van der Waals surface area (Å²) in [6, 6.07) is 10.5. The second kappa shape index (κ2) is 12.7. The van der Waals surface area contributed by atoms with Gasteiger partial charge >= 0.3 is 5.97 Å². The van der Waals surface area contributed by atoms with Crippen molar-refractivity contribution < 1.29 is 19.4 Å². The van der Waals surface area contributed by atoms with Gasteiger partial charge in [-0.2, -0.15) is 0 Å². The Hall–Kier alpha value is -2.93. The van der Waals surface area contributed by atoms with Crippen molar-refractivity contribution in [2.24, 2.45) is 23.2 Å². The van der Waals surface area contributed by atoms with Crippen molar-refractivity contribution in [2.45, 2.75) is 97.8 Å². The van der Waals surface area contributed by atoms with Gasteiger partial charge in [0.25, 0.3) is 0 Å². The molecule has 4 atom stereocenters. The SMILES string of the molecule is COc1ncc(CC(C)C)cc1CN[C@H]1[C@H](C(C)(C)C)[C@@H](C(=O)O)N(C(=O)C2CCCCC2)[C@H]1c1ccccc1. The minimum absolute atomic E-state index is 0.0160. The van der Waals surface area contributed by atoms with Crippen LogP contribution in [0.25, 0.3) is 0 Å². The van der Waals surface area contributed by atoms with Gasteiger partial charge in [0, 0.05) is 36.2 Å². The van der Waals surface area contributed by atoms with Crippen molar-refractivity contribution in [3.05, 3.63) is 59.3 Å².